The molecular weight excluding hydrogens is 559 g/mol. The maximum absolute atomic E-state index is 7.06. The van der Waals surface area contributed by atoms with Crippen molar-refractivity contribution in [2.45, 2.75) is 89.5 Å². The van der Waals surface area contributed by atoms with E-state index in [4.69, 9.17) is 35.8 Å². The number of nitrogens with zero attached hydrogens (tertiary/aromatic N) is 1. The number of hydrogen-bond acceptors (Lipinski definition) is 6. The van der Waals surface area contributed by atoms with Gasteiger partial charge in [-0.15, -0.1) is 0 Å². The predicted molar refractivity (Wildman–Crippen MR) is 175 cm³/mol. The minimum absolute atomic E-state index is 0.0320. The zero-order chi connectivity index (χ0) is 30.0. The SMILES string of the molecule is CC(C)(C)[Si](C)(C)O[C@H]1C[C@H](COCc2ccccc2)[C@@H](OCc2ccccc2)[C@H](OCc2ccccc2)[C@@H]1N=C=S. The summed E-state index contributed by atoms with van der Waals surface area (Å²) in [4.78, 5) is 4.71. The summed E-state index contributed by atoms with van der Waals surface area (Å²) in [6.07, 6.45) is -0.125. The van der Waals surface area contributed by atoms with E-state index in [0.717, 1.165) is 23.1 Å². The number of hydrogen-bond donors (Lipinski definition) is 0. The van der Waals surface area contributed by atoms with Gasteiger partial charge in [-0.3, -0.25) is 0 Å². The molecule has 0 amide bonds. The first-order valence-electron chi connectivity index (χ1n) is 14.9. The van der Waals surface area contributed by atoms with Crippen LogP contribution in [0.2, 0.25) is 18.1 Å². The van der Waals surface area contributed by atoms with Crippen LogP contribution in [0.5, 0.6) is 0 Å². The van der Waals surface area contributed by atoms with Crippen molar-refractivity contribution in [3.05, 3.63) is 108 Å². The lowest BCUT2D eigenvalue weighted by Crippen LogP contribution is -2.59. The molecule has 0 aliphatic heterocycles. The van der Waals surface area contributed by atoms with Crippen LogP contribution in [0.15, 0.2) is 96.0 Å². The molecule has 1 fully saturated rings. The first-order valence-corrected chi connectivity index (χ1v) is 18.2. The van der Waals surface area contributed by atoms with Crippen molar-refractivity contribution < 1.29 is 18.6 Å². The molecule has 0 saturated heterocycles. The molecule has 4 rings (SSSR count). The maximum atomic E-state index is 7.06. The van der Waals surface area contributed by atoms with Crippen molar-refractivity contribution in [3.8, 4) is 0 Å². The van der Waals surface area contributed by atoms with Crippen molar-refractivity contribution in [1.29, 1.82) is 0 Å². The summed E-state index contributed by atoms with van der Waals surface area (Å²) in [6, 6.07) is 30.4. The van der Waals surface area contributed by atoms with Gasteiger partial charge >= 0.3 is 0 Å². The molecule has 0 bridgehead atoms. The predicted octanol–water partition coefficient (Wildman–Crippen LogP) is 8.26. The van der Waals surface area contributed by atoms with Crippen LogP contribution in [0, 0.1) is 5.92 Å². The zero-order valence-electron chi connectivity index (χ0n) is 25.6. The van der Waals surface area contributed by atoms with Gasteiger partial charge in [-0.2, -0.15) is 0 Å². The highest BCUT2D eigenvalue weighted by atomic mass is 32.1. The smallest absolute Gasteiger partial charge is 0.192 e. The Balaban J connectivity index is 1.65. The average molecular weight is 604 g/mol. The van der Waals surface area contributed by atoms with E-state index in [9.17, 15) is 0 Å². The Morgan fingerprint density at radius 3 is 1.71 bits per heavy atom. The van der Waals surface area contributed by atoms with Crippen LogP contribution in [0.1, 0.15) is 43.9 Å². The van der Waals surface area contributed by atoms with E-state index >= 15 is 0 Å². The van der Waals surface area contributed by atoms with E-state index in [0.29, 0.717) is 26.4 Å². The van der Waals surface area contributed by atoms with Gasteiger partial charge in [-0.1, -0.05) is 112 Å². The van der Waals surface area contributed by atoms with E-state index in [1.807, 2.05) is 54.6 Å². The second-order valence-corrected chi connectivity index (χ2v) is 17.6. The number of isothiocyanates is 1. The highest BCUT2D eigenvalue weighted by Crippen LogP contribution is 2.42. The molecule has 7 heteroatoms. The third-order valence-electron chi connectivity index (χ3n) is 8.51. The lowest BCUT2D eigenvalue weighted by molar-refractivity contribution is -0.167. The number of rotatable bonds is 13. The topological polar surface area (TPSA) is 49.3 Å². The highest BCUT2D eigenvalue weighted by Gasteiger charge is 2.50. The van der Waals surface area contributed by atoms with Crippen LogP contribution in [-0.4, -0.2) is 44.4 Å². The van der Waals surface area contributed by atoms with Crippen LogP contribution in [0.4, 0.5) is 0 Å². The molecule has 0 heterocycles. The molecule has 224 valence electrons. The molecule has 0 unspecified atom stereocenters. The van der Waals surface area contributed by atoms with E-state index < -0.39 is 14.4 Å². The Hall–Kier alpha value is -2.48. The normalized spacial score (nSPS) is 22.8. The van der Waals surface area contributed by atoms with Crippen molar-refractivity contribution in [1.82, 2.24) is 0 Å². The quantitative estimate of drug-likeness (QED) is 0.112. The van der Waals surface area contributed by atoms with Crippen LogP contribution in [0.25, 0.3) is 0 Å². The number of benzene rings is 3. The summed E-state index contributed by atoms with van der Waals surface area (Å²) in [7, 11) is -2.15. The fraction of sp³-hybridized carbons (Fsp3) is 0.457. The summed E-state index contributed by atoms with van der Waals surface area (Å²) in [6.45, 7) is 13.3. The number of aliphatic imine (C=N–C) groups is 1. The van der Waals surface area contributed by atoms with Gasteiger partial charge in [0.2, 0.25) is 0 Å². The Labute approximate surface area is 258 Å². The Morgan fingerprint density at radius 2 is 1.24 bits per heavy atom. The van der Waals surface area contributed by atoms with Crippen LogP contribution >= 0.6 is 12.2 Å². The first-order chi connectivity index (χ1) is 20.2. The van der Waals surface area contributed by atoms with E-state index in [-0.39, 0.29) is 29.2 Å². The van der Waals surface area contributed by atoms with Crippen LogP contribution in [-0.2, 0) is 38.5 Å². The summed E-state index contributed by atoms with van der Waals surface area (Å²) in [5, 5.41) is 2.71. The molecule has 0 aromatic heterocycles. The maximum Gasteiger partial charge on any atom is 0.192 e. The molecule has 1 saturated carbocycles. The lowest BCUT2D eigenvalue weighted by Gasteiger charge is -2.48. The van der Waals surface area contributed by atoms with E-state index in [1.54, 1.807) is 0 Å². The summed E-state index contributed by atoms with van der Waals surface area (Å²) in [5.74, 6) is 0.0320. The van der Waals surface area contributed by atoms with Gasteiger partial charge in [0.05, 0.1) is 43.8 Å². The molecular formula is C35H45NO4SSi. The monoisotopic (exact) mass is 603 g/mol. The summed E-state index contributed by atoms with van der Waals surface area (Å²) >= 11 is 5.18. The molecule has 3 aromatic carbocycles. The fourth-order valence-electron chi connectivity index (χ4n) is 5.16. The van der Waals surface area contributed by atoms with Gasteiger partial charge in [0.1, 0.15) is 12.1 Å². The van der Waals surface area contributed by atoms with Crippen molar-refractivity contribution in [2.24, 2.45) is 10.9 Å². The average Bonchev–Trinajstić information content (AvgIpc) is 2.98. The summed E-state index contributed by atoms with van der Waals surface area (Å²) < 4.78 is 26.9. The third-order valence-corrected chi connectivity index (χ3v) is 13.1. The molecule has 0 radical (unpaired) electrons. The van der Waals surface area contributed by atoms with Crippen LogP contribution in [0.3, 0.4) is 0 Å². The fourth-order valence-corrected chi connectivity index (χ4v) is 6.63. The first kappa shape index (κ1) is 32.4. The highest BCUT2D eigenvalue weighted by molar-refractivity contribution is 7.78. The largest absolute Gasteiger partial charge is 0.412 e. The van der Waals surface area contributed by atoms with Crippen molar-refractivity contribution in [2.75, 3.05) is 6.61 Å². The minimum atomic E-state index is -2.15. The van der Waals surface area contributed by atoms with Crippen molar-refractivity contribution in [3.63, 3.8) is 0 Å². The van der Waals surface area contributed by atoms with Gasteiger partial charge in [-0.25, -0.2) is 4.99 Å². The number of thiocarbonyl (C=S) groups is 1. The lowest BCUT2D eigenvalue weighted by atomic mass is 9.79. The Morgan fingerprint density at radius 1 is 0.762 bits per heavy atom. The third kappa shape index (κ3) is 9.01. The molecule has 3 aromatic rings. The molecule has 1 aliphatic carbocycles. The Bertz CT molecular complexity index is 1260. The van der Waals surface area contributed by atoms with E-state index in [1.165, 1.54) is 0 Å². The zero-order valence-corrected chi connectivity index (χ0v) is 27.4. The molecule has 1 aliphatic rings. The molecule has 0 N–H and O–H groups in total. The standard InChI is InChI=1S/C35H45NO4SSi/c1-35(2,3)42(4,5)40-31-21-30(25-37-22-27-15-9-6-10-16-27)33(38-23-28-17-11-7-12-18-28)34(32(31)36-26-41)39-24-29-19-13-8-14-20-29/h6-20,30-34H,21-25H2,1-5H3/t30-,31+,32-,33-,34-/m1/s1. The molecule has 42 heavy (non-hydrogen) atoms. The minimum Gasteiger partial charge on any atom is -0.412 e. The van der Waals surface area contributed by atoms with Gasteiger partial charge in [0.25, 0.3) is 0 Å². The number of ether oxygens (including phenoxy) is 3. The van der Waals surface area contributed by atoms with Gasteiger partial charge < -0.3 is 18.6 Å². The molecule has 0 spiro atoms. The second-order valence-electron chi connectivity index (χ2n) is 12.6. The van der Waals surface area contributed by atoms with E-state index in [2.05, 4.69) is 75.4 Å². The Kier molecular flexibility index (Phi) is 11.8. The van der Waals surface area contributed by atoms with Crippen LogP contribution < -0.4 is 0 Å². The second kappa shape index (κ2) is 15.3. The van der Waals surface area contributed by atoms with Crippen molar-refractivity contribution >= 4 is 25.7 Å². The summed E-state index contributed by atoms with van der Waals surface area (Å²) in [5.41, 5.74) is 3.34. The molecule has 5 nitrogen and oxygen atoms in total. The van der Waals surface area contributed by atoms with Gasteiger partial charge in [0.15, 0.2) is 8.32 Å². The van der Waals surface area contributed by atoms with Gasteiger partial charge in [-0.05, 0) is 53.5 Å². The molecule has 5 atom stereocenters. The van der Waals surface area contributed by atoms with Gasteiger partial charge in [0, 0.05) is 5.92 Å².